The zero-order chi connectivity index (χ0) is 25.2. The first kappa shape index (κ1) is 24.1. The van der Waals surface area contributed by atoms with Gasteiger partial charge in [0.25, 0.3) is 11.5 Å². The highest BCUT2D eigenvalue weighted by atomic mass is 32.2. The molecule has 0 aliphatic heterocycles. The van der Waals surface area contributed by atoms with Crippen LogP contribution in [0.4, 0.5) is 5.69 Å². The van der Waals surface area contributed by atoms with Crippen LogP contribution in [-0.4, -0.2) is 42.8 Å². The standard InChI is InChI=1S/C26H28N6O3S/c1-16-8-11-19(12-9-16)27-22(33)15-36-26-30-29-25-31(2)24(35)20-13-10-17(14-21(20)32(25)26)23(34)28-18-6-4-3-5-7-18/h8-14,18H,3-7,15H2,1-2H3,(H,27,33)(H,28,34). The molecule has 10 heteroatoms. The van der Waals surface area contributed by atoms with Crippen molar-refractivity contribution in [2.24, 2.45) is 7.05 Å². The fourth-order valence-corrected chi connectivity index (χ4v) is 5.31. The van der Waals surface area contributed by atoms with E-state index in [4.69, 9.17) is 0 Å². The van der Waals surface area contributed by atoms with E-state index in [0.29, 0.717) is 27.4 Å². The fraction of sp³-hybridized carbons (Fsp3) is 0.346. The van der Waals surface area contributed by atoms with Crippen molar-refractivity contribution in [3.8, 4) is 0 Å². The van der Waals surface area contributed by atoms with E-state index < -0.39 is 0 Å². The van der Waals surface area contributed by atoms with E-state index in [1.165, 1.54) is 22.7 Å². The van der Waals surface area contributed by atoms with Gasteiger partial charge in [-0.2, -0.15) is 0 Å². The molecular formula is C26H28N6O3S. The Hall–Kier alpha value is -3.66. The molecule has 186 valence electrons. The van der Waals surface area contributed by atoms with E-state index in [1.54, 1.807) is 29.6 Å². The highest BCUT2D eigenvalue weighted by Crippen LogP contribution is 2.23. The van der Waals surface area contributed by atoms with Gasteiger partial charge in [0.15, 0.2) is 5.16 Å². The van der Waals surface area contributed by atoms with Crippen LogP contribution in [0.3, 0.4) is 0 Å². The van der Waals surface area contributed by atoms with Gasteiger partial charge in [-0.3, -0.25) is 23.4 Å². The first-order valence-corrected chi connectivity index (χ1v) is 13.1. The first-order chi connectivity index (χ1) is 17.4. The van der Waals surface area contributed by atoms with Crippen LogP contribution in [0, 0.1) is 6.92 Å². The van der Waals surface area contributed by atoms with Gasteiger partial charge in [-0.05, 0) is 50.1 Å². The zero-order valence-electron chi connectivity index (χ0n) is 20.3. The number of anilines is 1. The summed E-state index contributed by atoms with van der Waals surface area (Å²) in [6.45, 7) is 1.99. The summed E-state index contributed by atoms with van der Waals surface area (Å²) in [7, 11) is 1.63. The Morgan fingerprint density at radius 3 is 2.56 bits per heavy atom. The summed E-state index contributed by atoms with van der Waals surface area (Å²) in [6.07, 6.45) is 5.43. The van der Waals surface area contributed by atoms with Gasteiger partial charge in [-0.15, -0.1) is 10.2 Å². The molecule has 1 aliphatic carbocycles. The van der Waals surface area contributed by atoms with Crippen molar-refractivity contribution >= 4 is 45.9 Å². The maximum atomic E-state index is 13.0. The topological polar surface area (TPSA) is 110 Å². The summed E-state index contributed by atoms with van der Waals surface area (Å²) >= 11 is 1.22. The largest absolute Gasteiger partial charge is 0.349 e. The molecule has 2 aromatic heterocycles. The maximum Gasteiger partial charge on any atom is 0.262 e. The predicted molar refractivity (Wildman–Crippen MR) is 141 cm³/mol. The van der Waals surface area contributed by atoms with Gasteiger partial charge in [-0.25, -0.2) is 0 Å². The van der Waals surface area contributed by atoms with E-state index in [0.717, 1.165) is 36.9 Å². The summed E-state index contributed by atoms with van der Waals surface area (Å²) in [5, 5.41) is 15.4. The quantitative estimate of drug-likeness (QED) is 0.388. The van der Waals surface area contributed by atoms with Gasteiger partial charge >= 0.3 is 0 Å². The van der Waals surface area contributed by atoms with Crippen LogP contribution < -0.4 is 16.2 Å². The Morgan fingerprint density at radius 2 is 1.81 bits per heavy atom. The molecule has 0 atom stereocenters. The van der Waals surface area contributed by atoms with Crippen LogP contribution in [0.5, 0.6) is 0 Å². The number of thioether (sulfide) groups is 1. The lowest BCUT2D eigenvalue weighted by molar-refractivity contribution is -0.113. The minimum atomic E-state index is -0.224. The number of rotatable bonds is 6. The number of carbonyl (C=O) groups excluding carboxylic acids is 2. The van der Waals surface area contributed by atoms with Crippen LogP contribution >= 0.6 is 11.8 Å². The number of hydrogen-bond acceptors (Lipinski definition) is 6. The number of benzene rings is 2. The van der Waals surface area contributed by atoms with Gasteiger partial charge in [0, 0.05) is 24.3 Å². The molecule has 0 saturated heterocycles. The number of fused-ring (bicyclic) bond motifs is 3. The van der Waals surface area contributed by atoms with Crippen molar-refractivity contribution in [2.45, 2.75) is 50.2 Å². The van der Waals surface area contributed by atoms with Crippen molar-refractivity contribution in [3.63, 3.8) is 0 Å². The normalized spacial score (nSPS) is 14.3. The molecule has 2 N–H and O–H groups in total. The van der Waals surface area contributed by atoms with Crippen LogP contribution in [0.15, 0.2) is 52.4 Å². The molecule has 36 heavy (non-hydrogen) atoms. The van der Waals surface area contributed by atoms with Crippen molar-refractivity contribution in [1.82, 2.24) is 24.5 Å². The highest BCUT2D eigenvalue weighted by molar-refractivity contribution is 7.99. The lowest BCUT2D eigenvalue weighted by atomic mass is 9.95. The molecule has 1 fully saturated rings. The molecule has 0 unspecified atom stereocenters. The Labute approximate surface area is 212 Å². The summed E-state index contributed by atoms with van der Waals surface area (Å²) in [6, 6.07) is 12.8. The summed E-state index contributed by atoms with van der Waals surface area (Å²) < 4.78 is 3.16. The highest BCUT2D eigenvalue weighted by Gasteiger charge is 2.20. The number of nitrogens with one attached hydrogen (secondary N) is 2. The molecule has 0 spiro atoms. The molecule has 4 aromatic rings. The Bertz CT molecular complexity index is 1500. The van der Waals surface area contributed by atoms with Crippen molar-refractivity contribution in [1.29, 1.82) is 0 Å². The SMILES string of the molecule is Cc1ccc(NC(=O)CSc2nnc3n(C)c(=O)c4ccc(C(=O)NC5CCCCC5)cc4n23)cc1. The third-order valence-corrected chi connectivity index (χ3v) is 7.49. The third kappa shape index (κ3) is 4.86. The van der Waals surface area contributed by atoms with Crippen LogP contribution in [0.25, 0.3) is 16.7 Å². The number of carbonyl (C=O) groups is 2. The molecule has 1 saturated carbocycles. The molecular weight excluding hydrogens is 476 g/mol. The number of aryl methyl sites for hydroxylation is 2. The van der Waals surface area contributed by atoms with Crippen LogP contribution in [0.1, 0.15) is 48.0 Å². The first-order valence-electron chi connectivity index (χ1n) is 12.1. The van der Waals surface area contributed by atoms with Gasteiger partial charge in [-0.1, -0.05) is 48.7 Å². The number of amides is 2. The molecule has 2 aromatic carbocycles. The average Bonchev–Trinajstić information content (AvgIpc) is 3.32. The number of nitrogens with zero attached hydrogens (tertiary/aromatic N) is 4. The van der Waals surface area contributed by atoms with E-state index in [-0.39, 0.29) is 29.2 Å². The van der Waals surface area contributed by atoms with Gasteiger partial charge in [0.1, 0.15) is 0 Å². The summed E-state index contributed by atoms with van der Waals surface area (Å²) in [5.41, 5.74) is 2.62. The zero-order valence-corrected chi connectivity index (χ0v) is 21.1. The number of aromatic nitrogens is 4. The second kappa shape index (κ2) is 10.1. The van der Waals surface area contributed by atoms with E-state index in [2.05, 4.69) is 20.8 Å². The molecule has 1 aliphatic rings. The lowest BCUT2D eigenvalue weighted by Gasteiger charge is -2.22. The predicted octanol–water partition coefficient (Wildman–Crippen LogP) is 3.68. The van der Waals surface area contributed by atoms with E-state index in [9.17, 15) is 14.4 Å². The molecule has 0 bridgehead atoms. The second-order valence-electron chi connectivity index (χ2n) is 9.23. The lowest BCUT2D eigenvalue weighted by Crippen LogP contribution is -2.36. The minimum absolute atomic E-state index is 0.112. The van der Waals surface area contributed by atoms with E-state index in [1.807, 2.05) is 31.2 Å². The monoisotopic (exact) mass is 504 g/mol. The van der Waals surface area contributed by atoms with Crippen molar-refractivity contribution < 1.29 is 9.59 Å². The Morgan fingerprint density at radius 1 is 1.06 bits per heavy atom. The fourth-order valence-electron chi connectivity index (χ4n) is 4.57. The number of hydrogen-bond donors (Lipinski definition) is 2. The summed E-state index contributed by atoms with van der Waals surface area (Å²) in [4.78, 5) is 38.5. The minimum Gasteiger partial charge on any atom is -0.349 e. The van der Waals surface area contributed by atoms with Gasteiger partial charge < -0.3 is 10.6 Å². The third-order valence-electron chi connectivity index (χ3n) is 6.56. The van der Waals surface area contributed by atoms with Crippen LogP contribution in [0.2, 0.25) is 0 Å². The van der Waals surface area contributed by atoms with Gasteiger partial charge in [0.2, 0.25) is 11.7 Å². The molecule has 2 heterocycles. The Balaban J connectivity index is 1.43. The van der Waals surface area contributed by atoms with Crippen molar-refractivity contribution in [3.05, 3.63) is 63.9 Å². The molecule has 9 nitrogen and oxygen atoms in total. The summed E-state index contributed by atoms with van der Waals surface area (Å²) in [5.74, 6) is 0.124. The van der Waals surface area contributed by atoms with Crippen molar-refractivity contribution in [2.75, 3.05) is 11.1 Å². The van der Waals surface area contributed by atoms with Crippen LogP contribution in [-0.2, 0) is 11.8 Å². The van der Waals surface area contributed by atoms with Gasteiger partial charge in [0.05, 0.1) is 16.7 Å². The molecule has 2 amide bonds. The second-order valence-corrected chi connectivity index (χ2v) is 10.2. The average molecular weight is 505 g/mol. The molecule has 0 radical (unpaired) electrons. The molecule has 5 rings (SSSR count). The maximum absolute atomic E-state index is 13.0. The van der Waals surface area contributed by atoms with E-state index >= 15 is 0 Å². The Kier molecular flexibility index (Phi) is 6.77. The smallest absolute Gasteiger partial charge is 0.262 e.